The Hall–Kier alpha value is -5.77. The summed E-state index contributed by atoms with van der Waals surface area (Å²) in [6.07, 6.45) is 4.00. The third kappa shape index (κ3) is 13.2. The molecule has 3 atom stereocenters. The number of carboxylic acid groups (broad SMARTS) is 1. The fraction of sp³-hybridized carbons (Fsp3) is 0.400. The van der Waals surface area contributed by atoms with E-state index in [9.17, 15) is 28.8 Å². The van der Waals surface area contributed by atoms with Crippen LogP contribution in [0, 0.1) is 6.92 Å². The number of amides is 7. The first-order chi connectivity index (χ1) is 27.0. The largest absolute Gasteiger partial charge is 0.482 e. The number of anilines is 3. The lowest BCUT2D eigenvalue weighted by Crippen LogP contribution is -2.36. The summed E-state index contributed by atoms with van der Waals surface area (Å²) >= 11 is 1.86. The smallest absolute Gasteiger partial charge is 0.341 e. The van der Waals surface area contributed by atoms with Crippen LogP contribution in [-0.4, -0.2) is 83.6 Å². The monoisotopic (exact) mass is 787 g/mol. The molecule has 3 aromatic carbocycles. The quantitative estimate of drug-likeness (QED) is 0.0594. The second kappa shape index (κ2) is 20.8. The zero-order valence-electron chi connectivity index (χ0n) is 31.3. The van der Waals surface area contributed by atoms with E-state index in [1.807, 2.05) is 43.0 Å². The number of fused-ring (bicyclic) bond motifs is 1. The average Bonchev–Trinajstić information content (AvgIpc) is 3.72. The van der Waals surface area contributed by atoms with Gasteiger partial charge < -0.3 is 47.1 Å². The topological polar surface area (TPSA) is 216 Å². The number of benzene rings is 3. The molecule has 2 saturated heterocycles. The van der Waals surface area contributed by atoms with E-state index in [2.05, 4.69) is 37.2 Å². The standard InChI is InChI=1S/C40H49N7O8S/c1-25-7-2-3-8-30(25)45-39(53)44-28-14-11-26(12-15-28)21-36(50)43-29-16-17-32(55-23-37(51)52)27(22-29)13-18-35(49)42-20-6-19-41-34(48)10-5-4-9-33-38-31(24-56-33)46-40(54)47-38/h2-3,7-8,11-12,14-17,22,31,33,38H,4-6,9-10,13,18-21,23-24H2,1H3,(H,41,48)(H,42,49)(H,43,50)(H,51,52)(H2,44,45,53)(H2,46,47,54)/t31-,33?,38-/m0/s1. The number of hydrogen-bond donors (Lipinski definition) is 8. The fourth-order valence-electron chi connectivity index (χ4n) is 6.47. The molecule has 2 heterocycles. The molecule has 1 unspecified atom stereocenters. The van der Waals surface area contributed by atoms with Crippen LogP contribution in [0.2, 0.25) is 0 Å². The summed E-state index contributed by atoms with van der Waals surface area (Å²) in [5.41, 5.74) is 3.94. The molecule has 0 aliphatic carbocycles. The molecule has 0 bridgehead atoms. The Bertz CT molecular complexity index is 1880. The Morgan fingerprint density at radius 2 is 1.55 bits per heavy atom. The van der Waals surface area contributed by atoms with E-state index in [1.165, 1.54) is 0 Å². The Morgan fingerprint density at radius 1 is 0.821 bits per heavy atom. The van der Waals surface area contributed by atoms with Crippen molar-refractivity contribution in [3.8, 4) is 5.75 Å². The first-order valence-electron chi connectivity index (χ1n) is 18.7. The van der Waals surface area contributed by atoms with E-state index in [-0.39, 0.29) is 61.1 Å². The first-order valence-corrected chi connectivity index (χ1v) is 19.8. The molecule has 0 saturated carbocycles. The lowest BCUT2D eigenvalue weighted by molar-refractivity contribution is -0.139. The molecule has 5 rings (SSSR count). The minimum absolute atomic E-state index is 0.0316. The van der Waals surface area contributed by atoms with E-state index in [0.29, 0.717) is 59.6 Å². The number of para-hydroxylation sites is 1. The molecule has 2 aliphatic rings. The highest BCUT2D eigenvalue weighted by Gasteiger charge is 2.42. The number of carbonyl (C=O) groups is 6. The number of urea groups is 2. The molecular weight excluding hydrogens is 739 g/mol. The zero-order valence-corrected chi connectivity index (χ0v) is 32.1. The molecule has 7 amide bonds. The number of rotatable bonds is 20. The van der Waals surface area contributed by atoms with Crippen LogP contribution in [0.1, 0.15) is 55.2 Å². The predicted octanol–water partition coefficient (Wildman–Crippen LogP) is 4.56. The van der Waals surface area contributed by atoms with Crippen molar-refractivity contribution in [3.05, 3.63) is 83.4 Å². The molecule has 8 N–H and O–H groups in total. The molecule has 15 nitrogen and oxygen atoms in total. The van der Waals surface area contributed by atoms with Gasteiger partial charge in [0.05, 0.1) is 18.5 Å². The summed E-state index contributed by atoms with van der Waals surface area (Å²) in [5.74, 6) is -0.485. The van der Waals surface area contributed by atoms with Crippen LogP contribution < -0.4 is 42.0 Å². The summed E-state index contributed by atoms with van der Waals surface area (Å²) in [6, 6.07) is 19.1. The van der Waals surface area contributed by atoms with Crippen molar-refractivity contribution >= 4 is 64.6 Å². The van der Waals surface area contributed by atoms with E-state index in [4.69, 9.17) is 9.84 Å². The van der Waals surface area contributed by atoms with Gasteiger partial charge in [-0.15, -0.1) is 0 Å². The number of thioether (sulfide) groups is 1. The van der Waals surface area contributed by atoms with Crippen LogP contribution in [0.15, 0.2) is 66.7 Å². The molecule has 2 fully saturated rings. The van der Waals surface area contributed by atoms with Gasteiger partial charge in [-0.25, -0.2) is 14.4 Å². The minimum Gasteiger partial charge on any atom is -0.482 e. The second-order valence-corrected chi connectivity index (χ2v) is 15.0. The van der Waals surface area contributed by atoms with Crippen molar-refractivity contribution in [1.29, 1.82) is 0 Å². The molecular formula is C40H49N7O8S. The third-order valence-corrected chi connectivity index (χ3v) is 10.9. The maximum absolute atomic E-state index is 12.9. The van der Waals surface area contributed by atoms with Crippen LogP contribution in [0.4, 0.5) is 26.7 Å². The van der Waals surface area contributed by atoms with Gasteiger partial charge in [-0.2, -0.15) is 11.8 Å². The van der Waals surface area contributed by atoms with Crippen LogP contribution >= 0.6 is 11.8 Å². The maximum atomic E-state index is 12.9. The highest BCUT2D eigenvalue weighted by Crippen LogP contribution is 2.33. The highest BCUT2D eigenvalue weighted by atomic mass is 32.2. The van der Waals surface area contributed by atoms with Crippen molar-refractivity contribution < 1.29 is 38.6 Å². The van der Waals surface area contributed by atoms with Gasteiger partial charge in [0.1, 0.15) is 5.75 Å². The van der Waals surface area contributed by atoms with E-state index in [1.54, 1.807) is 42.5 Å². The lowest BCUT2D eigenvalue weighted by Gasteiger charge is -2.16. The zero-order chi connectivity index (χ0) is 39.9. The van der Waals surface area contributed by atoms with Gasteiger partial charge in [-0.3, -0.25) is 14.4 Å². The highest BCUT2D eigenvalue weighted by molar-refractivity contribution is 8.00. The summed E-state index contributed by atoms with van der Waals surface area (Å²) < 4.78 is 5.44. The van der Waals surface area contributed by atoms with Crippen LogP contribution in [0.5, 0.6) is 5.75 Å². The molecule has 0 spiro atoms. The number of carbonyl (C=O) groups excluding carboxylic acids is 5. The molecule has 0 aromatic heterocycles. The number of ether oxygens (including phenoxy) is 1. The molecule has 56 heavy (non-hydrogen) atoms. The molecule has 16 heteroatoms. The Morgan fingerprint density at radius 3 is 2.30 bits per heavy atom. The second-order valence-electron chi connectivity index (χ2n) is 13.7. The van der Waals surface area contributed by atoms with E-state index < -0.39 is 12.6 Å². The van der Waals surface area contributed by atoms with Crippen molar-refractivity contribution in [2.24, 2.45) is 0 Å². The van der Waals surface area contributed by atoms with Gasteiger partial charge in [0.25, 0.3) is 0 Å². The van der Waals surface area contributed by atoms with Crippen molar-refractivity contribution in [3.63, 3.8) is 0 Å². The average molecular weight is 788 g/mol. The molecule has 3 aromatic rings. The number of hydrogen-bond acceptors (Lipinski definition) is 8. The Kier molecular flexibility index (Phi) is 15.4. The van der Waals surface area contributed by atoms with Gasteiger partial charge in [0.2, 0.25) is 17.7 Å². The van der Waals surface area contributed by atoms with E-state index in [0.717, 1.165) is 36.1 Å². The van der Waals surface area contributed by atoms with Gasteiger partial charge in [0, 0.05) is 54.0 Å². The Balaban J connectivity index is 0.995. The number of unbranched alkanes of at least 4 members (excludes halogenated alkanes) is 1. The minimum atomic E-state index is -1.15. The van der Waals surface area contributed by atoms with Gasteiger partial charge in [-0.05, 0) is 85.7 Å². The van der Waals surface area contributed by atoms with Crippen molar-refractivity contribution in [2.45, 2.75) is 75.6 Å². The summed E-state index contributed by atoms with van der Waals surface area (Å²) in [5, 5.41) is 29.6. The summed E-state index contributed by atoms with van der Waals surface area (Å²) in [4.78, 5) is 73.0. The van der Waals surface area contributed by atoms with Gasteiger partial charge in [0.15, 0.2) is 6.61 Å². The van der Waals surface area contributed by atoms with Crippen LogP contribution in [0.3, 0.4) is 0 Å². The fourth-order valence-corrected chi connectivity index (χ4v) is 8.01. The molecule has 0 radical (unpaired) electrons. The maximum Gasteiger partial charge on any atom is 0.341 e. The van der Waals surface area contributed by atoms with E-state index >= 15 is 0 Å². The van der Waals surface area contributed by atoms with Crippen molar-refractivity contribution in [2.75, 3.05) is 41.4 Å². The third-order valence-electron chi connectivity index (χ3n) is 9.37. The predicted molar refractivity (Wildman–Crippen MR) is 215 cm³/mol. The van der Waals surface area contributed by atoms with Gasteiger partial charge >= 0.3 is 18.0 Å². The normalized spacial score (nSPS) is 16.8. The number of aryl methyl sites for hydroxylation is 2. The van der Waals surface area contributed by atoms with Gasteiger partial charge in [-0.1, -0.05) is 36.8 Å². The summed E-state index contributed by atoms with van der Waals surface area (Å²) in [7, 11) is 0. The Labute approximate surface area is 329 Å². The number of aliphatic carboxylic acids is 1. The summed E-state index contributed by atoms with van der Waals surface area (Å²) in [6.45, 7) is 2.14. The SMILES string of the molecule is Cc1ccccc1NC(=O)Nc1ccc(CC(=O)Nc2ccc(OCC(=O)O)c(CCC(=O)NCCCNC(=O)CCCCC3SC[C@@H]4NC(=O)N[C@H]34)c2)cc1. The molecule has 298 valence electrons. The number of carboxylic acids is 1. The first kappa shape index (κ1) is 41.4. The lowest BCUT2D eigenvalue weighted by atomic mass is 10.0. The van der Waals surface area contributed by atoms with Crippen LogP contribution in [-0.2, 0) is 32.0 Å². The van der Waals surface area contributed by atoms with Crippen LogP contribution in [0.25, 0.3) is 0 Å². The van der Waals surface area contributed by atoms with Crippen molar-refractivity contribution in [1.82, 2.24) is 21.3 Å². The molecule has 2 aliphatic heterocycles. The number of nitrogens with one attached hydrogen (secondary N) is 7.